The Morgan fingerprint density at radius 2 is 2.00 bits per heavy atom. The number of halogens is 1. The molecule has 88 valence electrons. The van der Waals surface area contributed by atoms with E-state index in [1.165, 1.54) is 0 Å². The first-order valence-electron chi connectivity index (χ1n) is 5.20. The largest absolute Gasteiger partial charge is 0.235 e. The Labute approximate surface area is 104 Å². The highest BCUT2D eigenvalue weighted by atomic mass is 35.5. The average molecular weight is 250 g/mol. The van der Waals surface area contributed by atoms with Gasteiger partial charge in [0.1, 0.15) is 0 Å². The minimum Gasteiger partial charge on any atom is -0.235 e. The van der Waals surface area contributed by atoms with E-state index >= 15 is 0 Å². The molecule has 1 aromatic carbocycles. The topological polar surface area (TPSA) is 47.2 Å². The van der Waals surface area contributed by atoms with E-state index < -0.39 is 0 Å². The van der Waals surface area contributed by atoms with Crippen molar-refractivity contribution in [3.05, 3.63) is 45.1 Å². The fraction of sp³-hybridized carbons (Fsp3) is 0.250. The van der Waals surface area contributed by atoms with Crippen molar-refractivity contribution in [3.63, 3.8) is 0 Å². The van der Waals surface area contributed by atoms with Gasteiger partial charge in [-0.15, -0.1) is 4.91 Å². The lowest BCUT2D eigenvalue weighted by Crippen LogP contribution is -1.99. The van der Waals surface area contributed by atoms with Crippen LogP contribution in [0.5, 0.6) is 0 Å². The Bertz CT molecular complexity index is 590. The SMILES string of the molecule is Cc1ccc(-n2nc(C)c(N=O)c2C)cc1Cl. The van der Waals surface area contributed by atoms with Crippen LogP contribution in [0.1, 0.15) is 17.0 Å². The maximum Gasteiger partial charge on any atom is 0.152 e. The summed E-state index contributed by atoms with van der Waals surface area (Å²) in [6, 6.07) is 5.66. The lowest BCUT2D eigenvalue weighted by atomic mass is 10.2. The van der Waals surface area contributed by atoms with Gasteiger partial charge in [-0.25, -0.2) is 4.68 Å². The molecule has 5 heteroatoms. The van der Waals surface area contributed by atoms with Crippen LogP contribution in [0.2, 0.25) is 5.02 Å². The van der Waals surface area contributed by atoms with Gasteiger partial charge in [0.25, 0.3) is 0 Å². The van der Waals surface area contributed by atoms with Crippen LogP contribution >= 0.6 is 11.6 Å². The van der Waals surface area contributed by atoms with Gasteiger partial charge in [0, 0.05) is 5.02 Å². The molecule has 0 amide bonds. The summed E-state index contributed by atoms with van der Waals surface area (Å²) < 4.78 is 1.68. The van der Waals surface area contributed by atoms with Crippen molar-refractivity contribution < 1.29 is 0 Å². The van der Waals surface area contributed by atoms with Crippen molar-refractivity contribution in [2.24, 2.45) is 5.18 Å². The minimum absolute atomic E-state index is 0.390. The van der Waals surface area contributed by atoms with Gasteiger partial charge >= 0.3 is 0 Å². The second-order valence-electron chi connectivity index (χ2n) is 3.96. The van der Waals surface area contributed by atoms with Crippen molar-refractivity contribution in [2.45, 2.75) is 20.8 Å². The van der Waals surface area contributed by atoms with Gasteiger partial charge in [0.15, 0.2) is 5.69 Å². The quantitative estimate of drug-likeness (QED) is 0.759. The second kappa shape index (κ2) is 4.30. The molecule has 2 aromatic rings. The molecular weight excluding hydrogens is 238 g/mol. The molecule has 4 nitrogen and oxygen atoms in total. The van der Waals surface area contributed by atoms with Crippen molar-refractivity contribution in [3.8, 4) is 5.69 Å². The summed E-state index contributed by atoms with van der Waals surface area (Å²) in [5, 5.41) is 7.95. The number of nitroso groups, excluding NO2 is 1. The summed E-state index contributed by atoms with van der Waals surface area (Å²) >= 11 is 6.07. The number of aryl methyl sites for hydroxylation is 2. The predicted molar refractivity (Wildman–Crippen MR) is 68.2 cm³/mol. The highest BCUT2D eigenvalue weighted by molar-refractivity contribution is 6.31. The molecule has 0 aliphatic heterocycles. The summed E-state index contributed by atoms with van der Waals surface area (Å²) in [5.74, 6) is 0. The average Bonchev–Trinajstić information content (AvgIpc) is 2.58. The first kappa shape index (κ1) is 11.8. The Hall–Kier alpha value is -1.68. The van der Waals surface area contributed by atoms with Gasteiger partial charge in [-0.3, -0.25) is 0 Å². The van der Waals surface area contributed by atoms with Crippen LogP contribution in [0.15, 0.2) is 23.4 Å². The fourth-order valence-electron chi connectivity index (χ4n) is 1.73. The summed E-state index contributed by atoms with van der Waals surface area (Å²) in [4.78, 5) is 10.7. The number of hydrogen-bond donors (Lipinski definition) is 0. The first-order valence-corrected chi connectivity index (χ1v) is 5.58. The molecule has 17 heavy (non-hydrogen) atoms. The molecule has 0 aliphatic carbocycles. The van der Waals surface area contributed by atoms with Crippen molar-refractivity contribution >= 4 is 17.3 Å². The van der Waals surface area contributed by atoms with Crippen LogP contribution in [0.4, 0.5) is 5.69 Å². The molecule has 0 unspecified atom stereocenters. The summed E-state index contributed by atoms with van der Waals surface area (Å²) in [7, 11) is 0. The molecule has 0 N–H and O–H groups in total. The van der Waals surface area contributed by atoms with E-state index in [2.05, 4.69) is 10.3 Å². The van der Waals surface area contributed by atoms with Gasteiger partial charge < -0.3 is 0 Å². The lowest BCUT2D eigenvalue weighted by molar-refractivity contribution is 0.833. The smallest absolute Gasteiger partial charge is 0.152 e. The zero-order chi connectivity index (χ0) is 12.6. The standard InChI is InChI=1S/C12H12ClN3O/c1-7-4-5-10(6-11(7)13)16-9(3)12(15-17)8(2)14-16/h4-6H,1-3H3. The predicted octanol–water partition coefficient (Wildman–Crippen LogP) is 3.85. The molecule has 2 rings (SSSR count). The van der Waals surface area contributed by atoms with E-state index in [4.69, 9.17) is 11.6 Å². The Balaban J connectivity index is 2.60. The van der Waals surface area contributed by atoms with E-state index in [0.29, 0.717) is 16.4 Å². The van der Waals surface area contributed by atoms with E-state index in [-0.39, 0.29) is 0 Å². The van der Waals surface area contributed by atoms with Crippen molar-refractivity contribution in [1.82, 2.24) is 9.78 Å². The maximum atomic E-state index is 10.7. The molecule has 1 aromatic heterocycles. The van der Waals surface area contributed by atoms with Crippen LogP contribution in [-0.2, 0) is 0 Å². The van der Waals surface area contributed by atoms with Crippen LogP contribution in [0.25, 0.3) is 5.69 Å². The number of hydrogen-bond acceptors (Lipinski definition) is 3. The van der Waals surface area contributed by atoms with Crippen molar-refractivity contribution in [1.29, 1.82) is 0 Å². The number of rotatable bonds is 2. The Kier molecular flexibility index (Phi) is 2.98. The van der Waals surface area contributed by atoms with Gasteiger partial charge in [-0.2, -0.15) is 5.10 Å². The number of nitrogens with zero attached hydrogens (tertiary/aromatic N) is 3. The van der Waals surface area contributed by atoms with E-state index in [9.17, 15) is 4.91 Å². The molecular formula is C12H12ClN3O. The van der Waals surface area contributed by atoms with Gasteiger partial charge in [0.2, 0.25) is 0 Å². The molecule has 1 heterocycles. The molecule has 0 radical (unpaired) electrons. The zero-order valence-electron chi connectivity index (χ0n) is 9.86. The Morgan fingerprint density at radius 1 is 1.29 bits per heavy atom. The highest BCUT2D eigenvalue weighted by Crippen LogP contribution is 2.27. The Morgan fingerprint density at radius 3 is 2.53 bits per heavy atom. The number of aromatic nitrogens is 2. The van der Waals surface area contributed by atoms with E-state index in [0.717, 1.165) is 16.9 Å². The normalized spacial score (nSPS) is 10.6. The van der Waals surface area contributed by atoms with Crippen molar-refractivity contribution in [2.75, 3.05) is 0 Å². The van der Waals surface area contributed by atoms with E-state index in [1.54, 1.807) is 11.6 Å². The van der Waals surface area contributed by atoms with Gasteiger partial charge in [-0.05, 0) is 43.6 Å². The van der Waals surface area contributed by atoms with Crippen LogP contribution in [-0.4, -0.2) is 9.78 Å². The molecule has 0 saturated carbocycles. The summed E-state index contributed by atoms with van der Waals surface area (Å²) in [5.41, 5.74) is 3.56. The van der Waals surface area contributed by atoms with E-state index in [1.807, 2.05) is 32.0 Å². The number of benzene rings is 1. The molecule has 0 aliphatic rings. The maximum absolute atomic E-state index is 10.7. The molecule has 0 bridgehead atoms. The molecule has 0 saturated heterocycles. The fourth-order valence-corrected chi connectivity index (χ4v) is 1.91. The molecule has 0 atom stereocenters. The lowest BCUT2D eigenvalue weighted by Gasteiger charge is -2.06. The third-order valence-corrected chi connectivity index (χ3v) is 3.15. The first-order chi connectivity index (χ1) is 8.04. The monoisotopic (exact) mass is 249 g/mol. The summed E-state index contributed by atoms with van der Waals surface area (Å²) in [6.07, 6.45) is 0. The van der Waals surface area contributed by atoms with Crippen LogP contribution in [0, 0.1) is 25.7 Å². The third kappa shape index (κ3) is 1.96. The van der Waals surface area contributed by atoms with Gasteiger partial charge in [-0.1, -0.05) is 17.7 Å². The summed E-state index contributed by atoms with van der Waals surface area (Å²) in [6.45, 7) is 5.51. The van der Waals surface area contributed by atoms with Crippen LogP contribution in [0.3, 0.4) is 0 Å². The molecule has 0 spiro atoms. The van der Waals surface area contributed by atoms with Crippen LogP contribution < -0.4 is 0 Å². The minimum atomic E-state index is 0.390. The third-order valence-electron chi connectivity index (χ3n) is 2.74. The highest BCUT2D eigenvalue weighted by Gasteiger charge is 2.13. The second-order valence-corrected chi connectivity index (χ2v) is 4.36. The zero-order valence-corrected chi connectivity index (χ0v) is 10.6. The molecule has 0 fully saturated rings. The van der Waals surface area contributed by atoms with Gasteiger partial charge in [0.05, 0.1) is 17.1 Å².